The summed E-state index contributed by atoms with van der Waals surface area (Å²) in [4.78, 5) is 12.0. The minimum absolute atomic E-state index is 0.116. The minimum Gasteiger partial charge on any atom is -0.494 e. The van der Waals surface area contributed by atoms with Crippen LogP contribution in [-0.2, 0) is 10.2 Å². The number of hydrogen-bond donors (Lipinski definition) is 1. The van der Waals surface area contributed by atoms with Gasteiger partial charge in [-0.05, 0) is 49.4 Å². The molecule has 1 aliphatic rings. The summed E-state index contributed by atoms with van der Waals surface area (Å²) in [6.45, 7) is 3.36. The number of aryl methyl sites for hydroxylation is 1. The standard InChI is InChI=1S/C21H25NO2/c1-17-7-5-10-19(15-17)24-14-6-11-20(23)22-16-21(12-13-21)18-8-3-2-4-9-18/h2-5,7-10,15H,6,11-14,16H2,1H3,(H,22,23). The molecule has 1 fully saturated rings. The molecule has 0 atom stereocenters. The van der Waals surface area contributed by atoms with Gasteiger partial charge in [-0.25, -0.2) is 0 Å². The van der Waals surface area contributed by atoms with Gasteiger partial charge >= 0.3 is 0 Å². The van der Waals surface area contributed by atoms with Crippen LogP contribution in [0.2, 0.25) is 0 Å². The summed E-state index contributed by atoms with van der Waals surface area (Å²) in [7, 11) is 0. The summed E-state index contributed by atoms with van der Waals surface area (Å²) in [6, 6.07) is 18.5. The van der Waals surface area contributed by atoms with E-state index in [9.17, 15) is 4.79 Å². The first-order valence-electron chi connectivity index (χ1n) is 8.70. The van der Waals surface area contributed by atoms with E-state index in [0.717, 1.165) is 31.6 Å². The van der Waals surface area contributed by atoms with E-state index in [0.29, 0.717) is 13.0 Å². The predicted molar refractivity (Wildman–Crippen MR) is 96.3 cm³/mol. The van der Waals surface area contributed by atoms with Crippen molar-refractivity contribution in [1.29, 1.82) is 0 Å². The first-order chi connectivity index (χ1) is 11.7. The van der Waals surface area contributed by atoms with E-state index in [-0.39, 0.29) is 11.3 Å². The Hall–Kier alpha value is -2.29. The zero-order valence-corrected chi connectivity index (χ0v) is 14.3. The Kier molecular flexibility index (Phi) is 5.19. The molecule has 0 heterocycles. The molecular weight excluding hydrogens is 298 g/mol. The van der Waals surface area contributed by atoms with Gasteiger partial charge < -0.3 is 10.1 Å². The first kappa shape index (κ1) is 16.6. The fourth-order valence-corrected chi connectivity index (χ4v) is 2.99. The molecule has 3 rings (SSSR count). The third kappa shape index (κ3) is 4.38. The van der Waals surface area contributed by atoms with E-state index < -0.39 is 0 Å². The smallest absolute Gasteiger partial charge is 0.220 e. The lowest BCUT2D eigenvalue weighted by molar-refractivity contribution is -0.121. The number of nitrogens with one attached hydrogen (secondary N) is 1. The first-order valence-corrected chi connectivity index (χ1v) is 8.70. The summed E-state index contributed by atoms with van der Waals surface area (Å²) in [6.07, 6.45) is 3.57. The van der Waals surface area contributed by atoms with E-state index in [1.807, 2.05) is 37.3 Å². The second kappa shape index (κ2) is 7.52. The van der Waals surface area contributed by atoms with E-state index in [1.54, 1.807) is 0 Å². The zero-order valence-electron chi connectivity index (χ0n) is 14.3. The van der Waals surface area contributed by atoms with Crippen LogP contribution in [0.5, 0.6) is 5.75 Å². The van der Waals surface area contributed by atoms with Crippen LogP contribution in [0.15, 0.2) is 54.6 Å². The summed E-state index contributed by atoms with van der Waals surface area (Å²) < 4.78 is 5.68. The Morgan fingerprint density at radius 1 is 1.12 bits per heavy atom. The Morgan fingerprint density at radius 3 is 2.62 bits per heavy atom. The van der Waals surface area contributed by atoms with Gasteiger partial charge in [-0.2, -0.15) is 0 Å². The van der Waals surface area contributed by atoms with E-state index >= 15 is 0 Å². The molecule has 1 N–H and O–H groups in total. The Morgan fingerprint density at radius 2 is 1.92 bits per heavy atom. The van der Waals surface area contributed by atoms with Crippen LogP contribution < -0.4 is 10.1 Å². The van der Waals surface area contributed by atoms with Crippen molar-refractivity contribution in [1.82, 2.24) is 5.32 Å². The van der Waals surface area contributed by atoms with Crippen LogP contribution in [0.1, 0.15) is 36.8 Å². The van der Waals surface area contributed by atoms with Crippen molar-refractivity contribution in [2.24, 2.45) is 0 Å². The van der Waals surface area contributed by atoms with Crippen molar-refractivity contribution in [3.05, 3.63) is 65.7 Å². The molecule has 1 saturated carbocycles. The molecule has 2 aromatic rings. The van der Waals surface area contributed by atoms with E-state index in [4.69, 9.17) is 4.74 Å². The molecular formula is C21H25NO2. The molecule has 0 radical (unpaired) electrons. The lowest BCUT2D eigenvalue weighted by atomic mass is 9.96. The average Bonchev–Trinajstić information content (AvgIpc) is 3.39. The van der Waals surface area contributed by atoms with Crippen LogP contribution in [0.3, 0.4) is 0 Å². The Labute approximate surface area is 144 Å². The predicted octanol–water partition coefficient (Wildman–Crippen LogP) is 4.00. The number of rotatable bonds is 8. The molecule has 0 saturated heterocycles. The summed E-state index contributed by atoms with van der Waals surface area (Å²) in [5.41, 5.74) is 2.70. The number of amides is 1. The van der Waals surface area contributed by atoms with Gasteiger partial charge in [-0.15, -0.1) is 0 Å². The Bertz CT molecular complexity index is 677. The molecule has 24 heavy (non-hydrogen) atoms. The highest BCUT2D eigenvalue weighted by molar-refractivity contribution is 5.76. The minimum atomic E-state index is 0.116. The maximum atomic E-state index is 12.0. The summed E-state index contributed by atoms with van der Waals surface area (Å²) in [5.74, 6) is 0.987. The quantitative estimate of drug-likeness (QED) is 0.746. The molecule has 1 aliphatic carbocycles. The van der Waals surface area contributed by atoms with Gasteiger partial charge in [-0.3, -0.25) is 4.79 Å². The molecule has 0 spiro atoms. The van der Waals surface area contributed by atoms with Gasteiger partial charge in [0.15, 0.2) is 0 Å². The zero-order chi connectivity index (χ0) is 16.8. The molecule has 0 aliphatic heterocycles. The molecule has 0 unspecified atom stereocenters. The number of carbonyl (C=O) groups is 1. The highest BCUT2D eigenvalue weighted by Gasteiger charge is 2.44. The third-order valence-corrected chi connectivity index (χ3v) is 4.67. The van der Waals surface area contributed by atoms with Gasteiger partial charge in [0, 0.05) is 18.4 Å². The van der Waals surface area contributed by atoms with Crippen LogP contribution in [0.25, 0.3) is 0 Å². The van der Waals surface area contributed by atoms with Crippen molar-refractivity contribution in [2.75, 3.05) is 13.2 Å². The maximum absolute atomic E-state index is 12.0. The number of ether oxygens (including phenoxy) is 1. The fraction of sp³-hybridized carbons (Fsp3) is 0.381. The van der Waals surface area contributed by atoms with Crippen molar-refractivity contribution in [3.8, 4) is 5.75 Å². The molecule has 2 aromatic carbocycles. The normalized spacial score (nSPS) is 14.9. The number of carbonyl (C=O) groups excluding carboxylic acids is 1. The average molecular weight is 323 g/mol. The van der Waals surface area contributed by atoms with Gasteiger partial charge in [0.2, 0.25) is 5.91 Å². The third-order valence-electron chi connectivity index (χ3n) is 4.67. The largest absolute Gasteiger partial charge is 0.494 e. The molecule has 0 aromatic heterocycles. The number of benzene rings is 2. The lowest BCUT2D eigenvalue weighted by Crippen LogP contribution is -2.32. The summed E-state index contributed by atoms with van der Waals surface area (Å²) in [5, 5.41) is 3.10. The summed E-state index contributed by atoms with van der Waals surface area (Å²) >= 11 is 0. The van der Waals surface area contributed by atoms with Gasteiger partial charge in [0.1, 0.15) is 5.75 Å². The van der Waals surface area contributed by atoms with E-state index in [2.05, 4.69) is 29.6 Å². The van der Waals surface area contributed by atoms with Crippen molar-refractivity contribution >= 4 is 5.91 Å². The highest BCUT2D eigenvalue weighted by Crippen LogP contribution is 2.47. The molecule has 1 amide bonds. The van der Waals surface area contributed by atoms with Gasteiger partial charge in [0.25, 0.3) is 0 Å². The second-order valence-corrected chi connectivity index (χ2v) is 6.69. The topological polar surface area (TPSA) is 38.3 Å². The maximum Gasteiger partial charge on any atom is 0.220 e. The van der Waals surface area contributed by atoms with E-state index in [1.165, 1.54) is 11.1 Å². The lowest BCUT2D eigenvalue weighted by Gasteiger charge is -2.16. The highest BCUT2D eigenvalue weighted by atomic mass is 16.5. The van der Waals surface area contributed by atoms with Crippen LogP contribution in [0, 0.1) is 6.92 Å². The monoisotopic (exact) mass is 323 g/mol. The molecule has 3 heteroatoms. The van der Waals surface area contributed by atoms with Crippen LogP contribution >= 0.6 is 0 Å². The van der Waals surface area contributed by atoms with Crippen molar-refractivity contribution < 1.29 is 9.53 Å². The van der Waals surface area contributed by atoms with Crippen molar-refractivity contribution in [2.45, 2.75) is 38.0 Å². The van der Waals surface area contributed by atoms with Crippen LogP contribution in [0.4, 0.5) is 0 Å². The molecule has 126 valence electrons. The molecule has 3 nitrogen and oxygen atoms in total. The second-order valence-electron chi connectivity index (χ2n) is 6.69. The van der Waals surface area contributed by atoms with Crippen LogP contribution in [-0.4, -0.2) is 19.1 Å². The number of hydrogen-bond acceptors (Lipinski definition) is 2. The molecule has 0 bridgehead atoms. The van der Waals surface area contributed by atoms with Gasteiger partial charge in [0.05, 0.1) is 6.61 Å². The SMILES string of the molecule is Cc1cccc(OCCCC(=O)NCC2(c3ccccc3)CC2)c1. The van der Waals surface area contributed by atoms with Crippen molar-refractivity contribution in [3.63, 3.8) is 0 Å². The van der Waals surface area contributed by atoms with Gasteiger partial charge in [-0.1, -0.05) is 42.5 Å². The Balaban J connectivity index is 1.36. The fourth-order valence-electron chi connectivity index (χ4n) is 2.99.